The summed E-state index contributed by atoms with van der Waals surface area (Å²) in [7, 11) is -3.87. The maximum atomic E-state index is 8.88. The van der Waals surface area contributed by atoms with Crippen molar-refractivity contribution in [3.05, 3.63) is 29.8 Å². The van der Waals surface area contributed by atoms with E-state index < -0.39 is 7.94 Å². The van der Waals surface area contributed by atoms with E-state index in [2.05, 4.69) is 0 Å². The second kappa shape index (κ2) is 4.13. The predicted molar refractivity (Wildman–Crippen MR) is 50.4 cm³/mol. The van der Waals surface area contributed by atoms with Crippen LogP contribution >= 0.6 is 7.94 Å². The average molecular weight is 203 g/mol. The van der Waals surface area contributed by atoms with Gasteiger partial charge in [0.05, 0.1) is 0 Å². The number of hydrogen-bond acceptors (Lipinski definition) is 4. The Morgan fingerprint density at radius 2 is 1.54 bits per heavy atom. The Morgan fingerprint density at radius 3 is 1.92 bits per heavy atom. The molecule has 0 fully saturated rings. The normalized spacial score (nSPS) is 11.7. The first-order valence-electron chi connectivity index (χ1n) is 3.81. The molecule has 0 aromatic heterocycles. The van der Waals surface area contributed by atoms with Crippen molar-refractivity contribution in [2.75, 3.05) is 6.61 Å². The molecule has 72 valence electrons. The maximum Gasteiger partial charge on any atom is 0.440 e. The van der Waals surface area contributed by atoms with E-state index in [1.54, 1.807) is 12.1 Å². The van der Waals surface area contributed by atoms with Gasteiger partial charge in [0.25, 0.3) is 0 Å². The van der Waals surface area contributed by atoms with E-state index in [-0.39, 0.29) is 11.9 Å². The summed E-state index contributed by atoms with van der Waals surface area (Å²) in [6, 6.07) is 6.17. The fraction of sp³-hybridized carbons (Fsp3) is 0.250. The Balaban J connectivity index is 2.81. The van der Waals surface area contributed by atoms with Crippen LogP contribution in [0.2, 0.25) is 0 Å². The number of rotatable bonds is 3. The van der Waals surface area contributed by atoms with E-state index in [9.17, 15) is 0 Å². The fourth-order valence-corrected chi connectivity index (χ4v) is 1.54. The minimum Gasteiger partial charge on any atom is -0.396 e. The van der Waals surface area contributed by atoms with Crippen molar-refractivity contribution in [1.82, 2.24) is 0 Å². The standard InChI is InChI=1S/C8H12O4P/c9-6-5-7-1-3-8(4-2-7)13(10,11)12/h1-4,9-12H,5-6H2/q+1. The van der Waals surface area contributed by atoms with E-state index >= 15 is 0 Å². The van der Waals surface area contributed by atoms with Crippen molar-refractivity contribution >= 4 is 13.2 Å². The third-order valence-corrected chi connectivity index (χ3v) is 2.67. The lowest BCUT2D eigenvalue weighted by atomic mass is 10.2. The van der Waals surface area contributed by atoms with Gasteiger partial charge >= 0.3 is 7.94 Å². The van der Waals surface area contributed by atoms with Gasteiger partial charge in [0.15, 0.2) is 5.30 Å². The molecular weight excluding hydrogens is 191 g/mol. The summed E-state index contributed by atoms with van der Waals surface area (Å²) < 4.78 is 0. The summed E-state index contributed by atoms with van der Waals surface area (Å²) in [5, 5.41) is 8.73. The van der Waals surface area contributed by atoms with Gasteiger partial charge in [-0.25, -0.2) is 0 Å². The van der Waals surface area contributed by atoms with Gasteiger partial charge in [-0.2, -0.15) is 14.7 Å². The molecule has 0 spiro atoms. The molecule has 0 aliphatic rings. The summed E-state index contributed by atoms with van der Waals surface area (Å²) >= 11 is 0. The number of benzene rings is 1. The van der Waals surface area contributed by atoms with Gasteiger partial charge in [-0.1, -0.05) is 12.1 Å². The first-order chi connectivity index (χ1) is 6.04. The number of aliphatic hydroxyl groups excluding tert-OH is 1. The summed E-state index contributed by atoms with van der Waals surface area (Å²) in [4.78, 5) is 26.6. The van der Waals surface area contributed by atoms with Crippen LogP contribution in [-0.4, -0.2) is 26.4 Å². The topological polar surface area (TPSA) is 80.9 Å². The van der Waals surface area contributed by atoms with E-state index in [0.717, 1.165) is 5.56 Å². The molecule has 0 bridgehead atoms. The molecular formula is C8H12O4P+. The van der Waals surface area contributed by atoms with Crippen LogP contribution in [0.25, 0.3) is 0 Å². The summed E-state index contributed by atoms with van der Waals surface area (Å²) in [6.45, 7) is 0.0526. The van der Waals surface area contributed by atoms with Crippen molar-refractivity contribution in [3.8, 4) is 0 Å². The lowest BCUT2D eigenvalue weighted by molar-refractivity contribution is 0.299. The van der Waals surface area contributed by atoms with Crippen molar-refractivity contribution in [2.45, 2.75) is 6.42 Å². The molecule has 0 unspecified atom stereocenters. The highest BCUT2D eigenvalue weighted by Gasteiger charge is 2.33. The zero-order chi connectivity index (χ0) is 9.90. The molecule has 1 aromatic carbocycles. The molecule has 0 heterocycles. The molecule has 4 N–H and O–H groups in total. The van der Waals surface area contributed by atoms with E-state index in [4.69, 9.17) is 19.8 Å². The van der Waals surface area contributed by atoms with Crippen molar-refractivity contribution in [3.63, 3.8) is 0 Å². The molecule has 1 aromatic rings. The minimum atomic E-state index is -3.87. The Morgan fingerprint density at radius 1 is 1.00 bits per heavy atom. The van der Waals surface area contributed by atoms with E-state index in [1.807, 2.05) is 0 Å². The number of aliphatic hydroxyl groups is 1. The molecule has 0 atom stereocenters. The first kappa shape index (κ1) is 10.6. The van der Waals surface area contributed by atoms with Gasteiger partial charge in [0.1, 0.15) is 0 Å². The van der Waals surface area contributed by atoms with E-state index in [1.165, 1.54) is 12.1 Å². The zero-order valence-corrected chi connectivity index (χ0v) is 7.85. The maximum absolute atomic E-state index is 8.88. The number of hydrogen-bond donors (Lipinski definition) is 4. The van der Waals surface area contributed by atoms with Crippen LogP contribution in [0, 0.1) is 0 Å². The second-order valence-corrected chi connectivity index (χ2v) is 4.36. The van der Waals surface area contributed by atoms with E-state index in [0.29, 0.717) is 6.42 Å². The Labute approximate surface area is 76.7 Å². The van der Waals surface area contributed by atoms with Crippen LogP contribution in [0.5, 0.6) is 0 Å². The van der Waals surface area contributed by atoms with Crippen LogP contribution in [0.3, 0.4) is 0 Å². The smallest absolute Gasteiger partial charge is 0.396 e. The molecule has 13 heavy (non-hydrogen) atoms. The summed E-state index contributed by atoms with van der Waals surface area (Å²) in [5.41, 5.74) is 0.889. The quantitative estimate of drug-likeness (QED) is 0.503. The highest BCUT2D eigenvalue weighted by molar-refractivity contribution is 7.66. The zero-order valence-electron chi connectivity index (χ0n) is 6.96. The minimum absolute atomic E-state index is 0.0526. The molecule has 0 aliphatic carbocycles. The van der Waals surface area contributed by atoms with Gasteiger partial charge in [-0.05, 0) is 24.1 Å². The third-order valence-electron chi connectivity index (χ3n) is 1.68. The fourth-order valence-electron chi connectivity index (χ4n) is 0.992. The lowest BCUT2D eigenvalue weighted by Crippen LogP contribution is -2.09. The first-order valence-corrected chi connectivity index (χ1v) is 5.46. The SMILES string of the molecule is OCCc1ccc([P+](O)(O)O)cc1. The average Bonchev–Trinajstić information content (AvgIpc) is 2.04. The highest BCUT2D eigenvalue weighted by atomic mass is 31.2. The molecule has 0 saturated heterocycles. The highest BCUT2D eigenvalue weighted by Crippen LogP contribution is 2.42. The Kier molecular flexibility index (Phi) is 3.36. The molecule has 0 radical (unpaired) electrons. The van der Waals surface area contributed by atoms with Gasteiger partial charge in [-0.3, -0.25) is 0 Å². The van der Waals surface area contributed by atoms with Gasteiger partial charge < -0.3 is 5.11 Å². The molecule has 0 aliphatic heterocycles. The van der Waals surface area contributed by atoms with Gasteiger partial charge in [-0.15, -0.1) is 0 Å². The van der Waals surface area contributed by atoms with Crippen molar-refractivity contribution < 1.29 is 19.8 Å². The molecule has 0 saturated carbocycles. The molecule has 1 rings (SSSR count). The van der Waals surface area contributed by atoms with Crippen LogP contribution in [0.4, 0.5) is 0 Å². The molecule has 0 amide bonds. The van der Waals surface area contributed by atoms with Gasteiger partial charge in [0.2, 0.25) is 0 Å². The molecule has 4 nitrogen and oxygen atoms in total. The Hall–Kier alpha value is -0.510. The summed E-state index contributed by atoms with van der Waals surface area (Å²) in [5.74, 6) is 0. The third kappa shape index (κ3) is 3.03. The monoisotopic (exact) mass is 203 g/mol. The summed E-state index contributed by atoms with van der Waals surface area (Å²) in [6.07, 6.45) is 0.522. The molecule has 5 heteroatoms. The second-order valence-electron chi connectivity index (χ2n) is 2.71. The predicted octanol–water partition coefficient (Wildman–Crippen LogP) is -0.414. The van der Waals surface area contributed by atoms with Crippen LogP contribution in [0.15, 0.2) is 24.3 Å². The lowest BCUT2D eigenvalue weighted by Gasteiger charge is -2.03. The largest absolute Gasteiger partial charge is 0.440 e. The van der Waals surface area contributed by atoms with Crippen LogP contribution in [0.1, 0.15) is 5.56 Å². The van der Waals surface area contributed by atoms with Crippen molar-refractivity contribution in [1.29, 1.82) is 0 Å². The van der Waals surface area contributed by atoms with Crippen LogP contribution in [-0.2, 0) is 6.42 Å². The van der Waals surface area contributed by atoms with Crippen LogP contribution < -0.4 is 5.30 Å². The van der Waals surface area contributed by atoms with Gasteiger partial charge in [0, 0.05) is 6.61 Å². The Bertz CT molecular complexity index is 264. The van der Waals surface area contributed by atoms with Crippen molar-refractivity contribution in [2.24, 2.45) is 0 Å².